The lowest BCUT2D eigenvalue weighted by Gasteiger charge is -2.11. The molecule has 1 aromatic carbocycles. The first-order valence-electron chi connectivity index (χ1n) is 5.91. The van der Waals surface area contributed by atoms with E-state index in [1.165, 1.54) is 0 Å². The number of benzene rings is 1. The first-order chi connectivity index (χ1) is 7.77. The van der Waals surface area contributed by atoms with Gasteiger partial charge in [-0.15, -0.1) is 0 Å². The van der Waals surface area contributed by atoms with Crippen molar-refractivity contribution in [2.75, 3.05) is 0 Å². The largest absolute Gasteiger partial charge is 0.385 e. The van der Waals surface area contributed by atoms with Crippen molar-refractivity contribution in [3.05, 3.63) is 30.1 Å². The van der Waals surface area contributed by atoms with Crippen molar-refractivity contribution in [2.45, 2.75) is 39.3 Å². The van der Waals surface area contributed by atoms with Gasteiger partial charge < -0.3 is 9.67 Å². The number of aliphatic hydroxyl groups excluding tert-OH is 1. The third kappa shape index (κ3) is 1.83. The van der Waals surface area contributed by atoms with E-state index in [9.17, 15) is 5.11 Å². The lowest BCUT2D eigenvalue weighted by Crippen LogP contribution is -2.07. The standard InChI is InChI=1S/C13H18N2O/c1-3-7-12(16)13-14-10-8-5-6-9-11(10)15(13)4-2/h5-6,8-9,12,16H,3-4,7H2,1-2H3. The molecule has 2 aromatic rings. The van der Waals surface area contributed by atoms with Gasteiger partial charge >= 0.3 is 0 Å². The van der Waals surface area contributed by atoms with Gasteiger partial charge in [0.05, 0.1) is 11.0 Å². The van der Waals surface area contributed by atoms with Crippen LogP contribution >= 0.6 is 0 Å². The highest BCUT2D eigenvalue weighted by Crippen LogP contribution is 2.23. The van der Waals surface area contributed by atoms with Crippen molar-refractivity contribution in [3.8, 4) is 0 Å². The number of imidazole rings is 1. The Morgan fingerprint density at radius 3 is 2.75 bits per heavy atom. The molecule has 1 N–H and O–H groups in total. The van der Waals surface area contributed by atoms with E-state index < -0.39 is 6.10 Å². The molecule has 3 nitrogen and oxygen atoms in total. The van der Waals surface area contributed by atoms with Gasteiger partial charge in [0, 0.05) is 6.54 Å². The highest BCUT2D eigenvalue weighted by atomic mass is 16.3. The predicted octanol–water partition coefficient (Wildman–Crippen LogP) is 2.89. The molecule has 0 fully saturated rings. The molecule has 0 saturated carbocycles. The fourth-order valence-electron chi connectivity index (χ4n) is 2.08. The molecule has 0 bridgehead atoms. The van der Waals surface area contributed by atoms with Crippen molar-refractivity contribution < 1.29 is 5.11 Å². The molecule has 1 atom stereocenters. The number of aliphatic hydroxyl groups is 1. The van der Waals surface area contributed by atoms with Crippen LogP contribution in [0, 0.1) is 0 Å². The molecule has 3 heteroatoms. The van der Waals surface area contributed by atoms with Crippen LogP contribution in [0.5, 0.6) is 0 Å². The molecule has 2 rings (SSSR count). The minimum Gasteiger partial charge on any atom is -0.385 e. The van der Waals surface area contributed by atoms with Crippen LogP contribution in [-0.4, -0.2) is 14.7 Å². The van der Waals surface area contributed by atoms with Crippen LogP contribution in [0.25, 0.3) is 11.0 Å². The molecule has 0 aliphatic heterocycles. The molecule has 16 heavy (non-hydrogen) atoms. The van der Waals surface area contributed by atoms with E-state index in [1.54, 1.807) is 0 Å². The Morgan fingerprint density at radius 2 is 2.06 bits per heavy atom. The molecule has 0 radical (unpaired) electrons. The van der Waals surface area contributed by atoms with Crippen molar-refractivity contribution in [1.29, 1.82) is 0 Å². The minimum atomic E-state index is -0.447. The fourth-order valence-corrected chi connectivity index (χ4v) is 2.08. The number of aromatic nitrogens is 2. The average molecular weight is 218 g/mol. The number of aryl methyl sites for hydroxylation is 1. The molecule has 0 aliphatic carbocycles. The lowest BCUT2D eigenvalue weighted by molar-refractivity contribution is 0.153. The molecule has 1 heterocycles. The predicted molar refractivity (Wildman–Crippen MR) is 65.3 cm³/mol. The summed E-state index contributed by atoms with van der Waals surface area (Å²) in [5.41, 5.74) is 2.07. The summed E-state index contributed by atoms with van der Waals surface area (Å²) < 4.78 is 2.09. The molecule has 0 spiro atoms. The number of hydrogen-bond acceptors (Lipinski definition) is 2. The minimum absolute atomic E-state index is 0.447. The van der Waals surface area contributed by atoms with E-state index in [4.69, 9.17) is 0 Å². The summed E-state index contributed by atoms with van der Waals surface area (Å²) in [5.74, 6) is 0.797. The average Bonchev–Trinajstić information content (AvgIpc) is 2.67. The normalized spacial score (nSPS) is 13.2. The Balaban J connectivity index is 2.51. The van der Waals surface area contributed by atoms with Gasteiger partial charge in [0.25, 0.3) is 0 Å². The molecule has 0 amide bonds. The summed E-state index contributed by atoms with van der Waals surface area (Å²) in [6.07, 6.45) is 1.29. The Labute approximate surface area is 95.7 Å². The van der Waals surface area contributed by atoms with Crippen LogP contribution in [0.3, 0.4) is 0 Å². The van der Waals surface area contributed by atoms with E-state index in [0.29, 0.717) is 0 Å². The van der Waals surface area contributed by atoms with Crippen LogP contribution in [0.4, 0.5) is 0 Å². The van der Waals surface area contributed by atoms with Gasteiger partial charge in [-0.2, -0.15) is 0 Å². The summed E-state index contributed by atoms with van der Waals surface area (Å²) in [6, 6.07) is 8.02. The SMILES string of the molecule is CCCC(O)c1nc2ccccc2n1CC. The summed E-state index contributed by atoms with van der Waals surface area (Å²) in [5, 5.41) is 10.1. The fraction of sp³-hybridized carbons (Fsp3) is 0.462. The van der Waals surface area contributed by atoms with E-state index in [1.807, 2.05) is 24.3 Å². The van der Waals surface area contributed by atoms with Gasteiger partial charge in [-0.05, 0) is 25.5 Å². The van der Waals surface area contributed by atoms with E-state index >= 15 is 0 Å². The van der Waals surface area contributed by atoms with Gasteiger partial charge in [-0.3, -0.25) is 0 Å². The first-order valence-corrected chi connectivity index (χ1v) is 5.91. The van der Waals surface area contributed by atoms with E-state index in [2.05, 4.69) is 23.4 Å². The first kappa shape index (κ1) is 11.1. The van der Waals surface area contributed by atoms with Gasteiger partial charge in [-0.1, -0.05) is 25.5 Å². The number of rotatable bonds is 4. The van der Waals surface area contributed by atoms with Gasteiger partial charge in [0.15, 0.2) is 0 Å². The van der Waals surface area contributed by atoms with Crippen molar-refractivity contribution in [2.24, 2.45) is 0 Å². The van der Waals surface area contributed by atoms with Crippen LogP contribution in [-0.2, 0) is 6.54 Å². The second-order valence-electron chi connectivity index (χ2n) is 4.01. The number of fused-ring (bicyclic) bond motifs is 1. The Kier molecular flexibility index (Phi) is 3.25. The Morgan fingerprint density at radius 1 is 1.31 bits per heavy atom. The van der Waals surface area contributed by atoms with Crippen molar-refractivity contribution in [1.82, 2.24) is 9.55 Å². The number of nitrogens with zero attached hydrogens (tertiary/aromatic N) is 2. The monoisotopic (exact) mass is 218 g/mol. The highest BCUT2D eigenvalue weighted by molar-refractivity contribution is 5.75. The maximum absolute atomic E-state index is 10.1. The zero-order valence-corrected chi connectivity index (χ0v) is 9.85. The lowest BCUT2D eigenvalue weighted by atomic mass is 10.2. The zero-order valence-electron chi connectivity index (χ0n) is 9.85. The van der Waals surface area contributed by atoms with Crippen LogP contribution < -0.4 is 0 Å². The summed E-state index contributed by atoms with van der Waals surface area (Å²) in [7, 11) is 0. The maximum Gasteiger partial charge on any atom is 0.138 e. The van der Waals surface area contributed by atoms with Crippen LogP contribution in [0.15, 0.2) is 24.3 Å². The highest BCUT2D eigenvalue weighted by Gasteiger charge is 2.15. The molecular formula is C13H18N2O. The smallest absolute Gasteiger partial charge is 0.138 e. The van der Waals surface area contributed by atoms with Gasteiger partial charge in [0.2, 0.25) is 0 Å². The summed E-state index contributed by atoms with van der Waals surface area (Å²) in [6.45, 7) is 5.00. The Hall–Kier alpha value is -1.35. The summed E-state index contributed by atoms with van der Waals surface area (Å²) in [4.78, 5) is 4.52. The summed E-state index contributed by atoms with van der Waals surface area (Å²) >= 11 is 0. The quantitative estimate of drug-likeness (QED) is 0.856. The van der Waals surface area contributed by atoms with E-state index in [-0.39, 0.29) is 0 Å². The second-order valence-corrected chi connectivity index (χ2v) is 4.01. The van der Waals surface area contributed by atoms with Crippen LogP contribution in [0.2, 0.25) is 0 Å². The molecule has 0 saturated heterocycles. The van der Waals surface area contributed by atoms with Gasteiger partial charge in [0.1, 0.15) is 11.9 Å². The third-order valence-corrected chi connectivity index (χ3v) is 2.86. The van der Waals surface area contributed by atoms with Gasteiger partial charge in [-0.25, -0.2) is 4.98 Å². The third-order valence-electron chi connectivity index (χ3n) is 2.86. The zero-order chi connectivity index (χ0) is 11.5. The molecular weight excluding hydrogens is 200 g/mol. The molecule has 1 unspecified atom stereocenters. The molecule has 1 aromatic heterocycles. The molecule has 0 aliphatic rings. The second kappa shape index (κ2) is 4.66. The van der Waals surface area contributed by atoms with Crippen LogP contribution in [0.1, 0.15) is 38.6 Å². The maximum atomic E-state index is 10.1. The Bertz CT molecular complexity index is 476. The van der Waals surface area contributed by atoms with Crippen molar-refractivity contribution >= 4 is 11.0 Å². The topological polar surface area (TPSA) is 38.1 Å². The van der Waals surface area contributed by atoms with Crippen molar-refractivity contribution in [3.63, 3.8) is 0 Å². The molecule has 86 valence electrons. The number of hydrogen-bond donors (Lipinski definition) is 1. The van der Waals surface area contributed by atoms with E-state index in [0.717, 1.165) is 36.2 Å². The number of para-hydroxylation sites is 2.